The van der Waals surface area contributed by atoms with Gasteiger partial charge < -0.3 is 9.47 Å². The van der Waals surface area contributed by atoms with Crippen molar-refractivity contribution in [1.29, 1.82) is 0 Å². The Kier molecular flexibility index (Phi) is 5.88. The lowest BCUT2D eigenvalue weighted by Gasteiger charge is -2.20. The predicted octanol–water partition coefficient (Wildman–Crippen LogP) is 1.46. The highest BCUT2D eigenvalue weighted by Gasteiger charge is 2.27. The molecule has 0 aliphatic carbocycles. The number of hydrogen-bond donors (Lipinski definition) is 0. The number of methoxy groups -OCH3 is 2. The Hall–Kier alpha value is -0.440. The summed E-state index contributed by atoms with van der Waals surface area (Å²) in [6.07, 6.45) is -4.08. The second kappa shape index (κ2) is 6.08. The van der Waals surface area contributed by atoms with Crippen molar-refractivity contribution in [2.45, 2.75) is 18.9 Å². The van der Waals surface area contributed by atoms with Crippen LogP contribution in [0.15, 0.2) is 0 Å². The number of halogens is 4. The molecule has 0 aliphatic rings. The molecule has 13 heavy (non-hydrogen) atoms. The van der Waals surface area contributed by atoms with E-state index in [-0.39, 0.29) is 0 Å². The summed E-state index contributed by atoms with van der Waals surface area (Å²) in [7, 11) is 1.98. The van der Waals surface area contributed by atoms with E-state index in [4.69, 9.17) is 0 Å². The second-order valence-corrected chi connectivity index (χ2v) is 2.13. The van der Waals surface area contributed by atoms with Crippen molar-refractivity contribution in [1.82, 2.24) is 10.7 Å². The number of hydrogen-bond acceptors (Lipinski definition) is 4. The first kappa shape index (κ1) is 12.6. The molecule has 8 heteroatoms. The van der Waals surface area contributed by atoms with Crippen LogP contribution in [0.25, 0.3) is 0 Å². The molecule has 2 unspecified atom stereocenters. The van der Waals surface area contributed by atoms with Gasteiger partial charge in [0.05, 0.1) is 10.7 Å². The molecule has 80 valence electrons. The van der Waals surface area contributed by atoms with Crippen molar-refractivity contribution in [3.05, 3.63) is 0 Å². The van der Waals surface area contributed by atoms with Crippen LogP contribution >= 0.6 is 0 Å². The minimum Gasteiger partial charge on any atom is -0.361 e. The van der Waals surface area contributed by atoms with E-state index < -0.39 is 29.6 Å². The highest BCUT2D eigenvalue weighted by Crippen LogP contribution is 2.14. The van der Waals surface area contributed by atoms with Crippen molar-refractivity contribution in [2.24, 2.45) is 0 Å². The first-order valence-corrected chi connectivity index (χ1v) is 3.30. The van der Waals surface area contributed by atoms with Crippen LogP contribution in [0.3, 0.4) is 0 Å². The molecule has 0 spiro atoms. The maximum Gasteiger partial charge on any atom is 0.174 e. The molecule has 0 heterocycles. The fourth-order valence-corrected chi connectivity index (χ4v) is 0.684. The average Bonchev–Trinajstić information content (AvgIpc) is 2.05. The van der Waals surface area contributed by atoms with Gasteiger partial charge in [0.1, 0.15) is 0 Å². The topological polar surface area (TPSA) is 24.9 Å². The zero-order valence-corrected chi connectivity index (χ0v) is 7.08. The highest BCUT2D eigenvalue weighted by molar-refractivity contribution is 4.54. The molecule has 0 aromatic carbocycles. The number of ether oxygens (including phenoxy) is 2. The standard InChI is InChI=1S/C5H10F4N2O2/c1-12-4(10(6)7)3-5(13-2)11(8)9/h4-5H,3H2,1-2H3. The minimum atomic E-state index is -1.71. The summed E-state index contributed by atoms with van der Waals surface area (Å²) >= 11 is 0. The van der Waals surface area contributed by atoms with Gasteiger partial charge in [0.25, 0.3) is 0 Å². The summed E-state index contributed by atoms with van der Waals surface area (Å²) in [6, 6.07) is 0. The van der Waals surface area contributed by atoms with Crippen LogP contribution in [0.4, 0.5) is 17.9 Å². The summed E-state index contributed by atoms with van der Waals surface area (Å²) in [5, 5.41) is -2.59. The van der Waals surface area contributed by atoms with Crippen LogP contribution in [0.2, 0.25) is 0 Å². The Bertz CT molecular complexity index is 124. The van der Waals surface area contributed by atoms with Gasteiger partial charge in [-0.3, -0.25) is 0 Å². The van der Waals surface area contributed by atoms with Crippen LogP contribution in [0.1, 0.15) is 6.42 Å². The second-order valence-electron chi connectivity index (χ2n) is 2.13. The first-order chi connectivity index (χ1) is 6.02. The lowest BCUT2D eigenvalue weighted by molar-refractivity contribution is -0.302. The third kappa shape index (κ3) is 4.36. The molecule has 0 N–H and O–H groups in total. The molecule has 0 aliphatic heterocycles. The summed E-state index contributed by atoms with van der Waals surface area (Å²) in [5.74, 6) is 0. The van der Waals surface area contributed by atoms with E-state index in [1.165, 1.54) is 0 Å². The molecule has 0 rings (SSSR count). The summed E-state index contributed by atoms with van der Waals surface area (Å²) in [6.45, 7) is 0. The van der Waals surface area contributed by atoms with Gasteiger partial charge in [0.15, 0.2) is 12.5 Å². The molecule has 2 atom stereocenters. The molecule has 0 fully saturated rings. The maximum atomic E-state index is 11.8. The number of rotatable bonds is 6. The molecule has 0 aromatic rings. The molecule has 0 amide bonds. The van der Waals surface area contributed by atoms with E-state index >= 15 is 0 Å². The summed E-state index contributed by atoms with van der Waals surface area (Å²) in [4.78, 5) is 0. The van der Waals surface area contributed by atoms with E-state index in [9.17, 15) is 17.9 Å². The molecule has 0 saturated heterocycles. The predicted molar refractivity (Wildman–Crippen MR) is 34.3 cm³/mol. The van der Waals surface area contributed by atoms with Gasteiger partial charge in [-0.2, -0.15) is 0 Å². The Labute approximate surface area is 72.3 Å². The maximum absolute atomic E-state index is 11.8. The van der Waals surface area contributed by atoms with Gasteiger partial charge in [-0.25, -0.2) is 0 Å². The summed E-state index contributed by atoms with van der Waals surface area (Å²) < 4.78 is 55.9. The molecular formula is C5H10F4N2O2. The molecule has 0 radical (unpaired) electrons. The number of nitrogens with zero attached hydrogens (tertiary/aromatic N) is 2. The highest BCUT2D eigenvalue weighted by atomic mass is 19.4. The van der Waals surface area contributed by atoms with E-state index in [0.29, 0.717) is 0 Å². The van der Waals surface area contributed by atoms with Crippen LogP contribution in [0.5, 0.6) is 0 Å². The van der Waals surface area contributed by atoms with Gasteiger partial charge in [-0.05, 0) is 0 Å². The Morgan fingerprint density at radius 2 is 1.23 bits per heavy atom. The first-order valence-electron chi connectivity index (χ1n) is 3.30. The molecule has 0 saturated carbocycles. The zero-order chi connectivity index (χ0) is 10.4. The fourth-order valence-electron chi connectivity index (χ4n) is 0.684. The third-order valence-corrected chi connectivity index (χ3v) is 1.38. The monoisotopic (exact) mass is 206 g/mol. The molecule has 4 nitrogen and oxygen atoms in total. The van der Waals surface area contributed by atoms with E-state index in [1.54, 1.807) is 0 Å². The zero-order valence-electron chi connectivity index (χ0n) is 7.08. The van der Waals surface area contributed by atoms with Crippen molar-refractivity contribution in [3.63, 3.8) is 0 Å². The van der Waals surface area contributed by atoms with Gasteiger partial charge in [-0.15, -0.1) is 0 Å². The van der Waals surface area contributed by atoms with Crippen LogP contribution in [-0.2, 0) is 9.47 Å². The largest absolute Gasteiger partial charge is 0.361 e. The van der Waals surface area contributed by atoms with Crippen LogP contribution in [-0.4, -0.2) is 37.4 Å². The van der Waals surface area contributed by atoms with Crippen molar-refractivity contribution >= 4 is 0 Å². The van der Waals surface area contributed by atoms with Crippen LogP contribution in [0, 0.1) is 0 Å². The van der Waals surface area contributed by atoms with Crippen LogP contribution < -0.4 is 0 Å². The van der Waals surface area contributed by atoms with Gasteiger partial charge in [0, 0.05) is 20.6 Å². The van der Waals surface area contributed by atoms with Crippen molar-refractivity contribution in [3.8, 4) is 0 Å². The van der Waals surface area contributed by atoms with Gasteiger partial charge in [-0.1, -0.05) is 17.9 Å². The average molecular weight is 206 g/mol. The molecule has 0 aromatic heterocycles. The minimum absolute atomic E-state index is 0.660. The summed E-state index contributed by atoms with van der Waals surface area (Å²) in [5.41, 5.74) is 0. The fraction of sp³-hybridized carbons (Fsp3) is 1.00. The van der Waals surface area contributed by atoms with Crippen molar-refractivity contribution in [2.75, 3.05) is 14.2 Å². The Balaban J connectivity index is 4.03. The van der Waals surface area contributed by atoms with E-state index in [0.717, 1.165) is 14.2 Å². The lowest BCUT2D eigenvalue weighted by Crippen LogP contribution is -2.34. The SMILES string of the molecule is COC(CC(OC)N(F)F)N(F)F. The third-order valence-electron chi connectivity index (χ3n) is 1.38. The van der Waals surface area contributed by atoms with E-state index in [1.807, 2.05) is 0 Å². The lowest BCUT2D eigenvalue weighted by atomic mass is 10.3. The quantitative estimate of drug-likeness (QED) is 0.373. The smallest absolute Gasteiger partial charge is 0.174 e. The van der Waals surface area contributed by atoms with Gasteiger partial charge >= 0.3 is 0 Å². The van der Waals surface area contributed by atoms with E-state index in [2.05, 4.69) is 9.47 Å². The van der Waals surface area contributed by atoms with Crippen molar-refractivity contribution < 1.29 is 27.4 Å². The molecular weight excluding hydrogens is 196 g/mol. The normalized spacial score (nSPS) is 16.6. The Morgan fingerprint density at radius 3 is 1.38 bits per heavy atom. The van der Waals surface area contributed by atoms with Gasteiger partial charge in [0.2, 0.25) is 0 Å². The Morgan fingerprint density at radius 1 is 0.923 bits per heavy atom. The molecule has 0 bridgehead atoms.